The summed E-state index contributed by atoms with van der Waals surface area (Å²) in [5.41, 5.74) is 0.870. The van der Waals surface area contributed by atoms with Crippen LogP contribution in [0.1, 0.15) is 43.5 Å². The summed E-state index contributed by atoms with van der Waals surface area (Å²) in [7, 11) is 1.47. The van der Waals surface area contributed by atoms with E-state index in [1.165, 1.54) is 26.0 Å². The zero-order valence-corrected chi connectivity index (χ0v) is 11.7. The van der Waals surface area contributed by atoms with Gasteiger partial charge in [-0.3, -0.25) is 0 Å². The first-order chi connectivity index (χ1) is 8.61. The largest absolute Gasteiger partial charge is 0.494 e. The van der Waals surface area contributed by atoms with Crippen molar-refractivity contribution in [3.05, 3.63) is 29.6 Å². The standard InChI is InChI=1S/C15H20ClFO/c1-10-3-5-11(6-4-10)15(16)12-7-8-14(18-2)13(17)9-12/h7-11,15H,3-6H2,1-2H3. The molecular weight excluding hydrogens is 251 g/mol. The van der Waals surface area contributed by atoms with Crippen LogP contribution in [-0.4, -0.2) is 7.11 Å². The van der Waals surface area contributed by atoms with Crippen LogP contribution in [0.25, 0.3) is 0 Å². The molecule has 1 aromatic carbocycles. The third-order valence-corrected chi connectivity index (χ3v) is 4.58. The van der Waals surface area contributed by atoms with Gasteiger partial charge in [-0.05, 0) is 42.4 Å². The first-order valence-corrected chi connectivity index (χ1v) is 7.03. The number of alkyl halides is 1. The summed E-state index contributed by atoms with van der Waals surface area (Å²) in [5.74, 6) is 1.22. The predicted molar refractivity (Wildman–Crippen MR) is 72.7 cm³/mol. The molecular formula is C15H20ClFO. The Balaban J connectivity index is 2.08. The van der Waals surface area contributed by atoms with Gasteiger partial charge in [-0.1, -0.05) is 25.8 Å². The number of hydrogen-bond acceptors (Lipinski definition) is 1. The van der Waals surface area contributed by atoms with Crippen LogP contribution in [0.15, 0.2) is 18.2 Å². The highest BCUT2D eigenvalue weighted by Gasteiger charge is 2.26. The summed E-state index contributed by atoms with van der Waals surface area (Å²) < 4.78 is 18.6. The molecule has 1 aliphatic rings. The third kappa shape index (κ3) is 2.97. The topological polar surface area (TPSA) is 9.23 Å². The van der Waals surface area contributed by atoms with Crippen molar-refractivity contribution in [1.82, 2.24) is 0 Å². The van der Waals surface area contributed by atoms with Crippen LogP contribution in [0.5, 0.6) is 5.75 Å². The van der Waals surface area contributed by atoms with Gasteiger partial charge >= 0.3 is 0 Å². The maximum atomic E-state index is 13.7. The molecule has 0 saturated heterocycles. The second kappa shape index (κ2) is 5.92. The quantitative estimate of drug-likeness (QED) is 0.707. The van der Waals surface area contributed by atoms with Gasteiger partial charge in [-0.15, -0.1) is 11.6 Å². The van der Waals surface area contributed by atoms with Gasteiger partial charge in [0.15, 0.2) is 11.6 Å². The molecule has 1 saturated carbocycles. The summed E-state index contributed by atoms with van der Waals surface area (Å²) in [4.78, 5) is 0. The van der Waals surface area contributed by atoms with Gasteiger partial charge in [0.25, 0.3) is 0 Å². The monoisotopic (exact) mass is 270 g/mol. The highest BCUT2D eigenvalue weighted by atomic mass is 35.5. The lowest BCUT2D eigenvalue weighted by molar-refractivity contribution is 0.283. The first kappa shape index (κ1) is 13.7. The molecule has 18 heavy (non-hydrogen) atoms. The van der Waals surface area contributed by atoms with Crippen LogP contribution < -0.4 is 4.74 Å². The Morgan fingerprint density at radius 3 is 2.50 bits per heavy atom. The Kier molecular flexibility index (Phi) is 4.50. The second-order valence-corrected chi connectivity index (χ2v) is 5.79. The number of ether oxygens (including phenoxy) is 1. The first-order valence-electron chi connectivity index (χ1n) is 6.59. The molecule has 1 aromatic rings. The Bertz CT molecular complexity index is 399. The molecule has 0 spiro atoms. The lowest BCUT2D eigenvalue weighted by Gasteiger charge is -2.29. The van der Waals surface area contributed by atoms with E-state index in [-0.39, 0.29) is 16.9 Å². The van der Waals surface area contributed by atoms with Gasteiger partial charge in [-0.2, -0.15) is 0 Å². The Labute approximate surface area is 113 Å². The zero-order chi connectivity index (χ0) is 13.1. The Morgan fingerprint density at radius 2 is 1.94 bits per heavy atom. The van der Waals surface area contributed by atoms with E-state index >= 15 is 0 Å². The number of hydrogen-bond donors (Lipinski definition) is 0. The van der Waals surface area contributed by atoms with Crippen LogP contribution in [0.4, 0.5) is 4.39 Å². The predicted octanol–water partition coefficient (Wildman–Crippen LogP) is 4.94. The van der Waals surface area contributed by atoms with Gasteiger partial charge < -0.3 is 4.74 Å². The lowest BCUT2D eigenvalue weighted by Crippen LogP contribution is -2.16. The van der Waals surface area contributed by atoms with E-state index in [1.54, 1.807) is 6.07 Å². The minimum atomic E-state index is -0.329. The van der Waals surface area contributed by atoms with Crippen molar-refractivity contribution >= 4 is 11.6 Å². The minimum Gasteiger partial charge on any atom is -0.494 e. The van der Waals surface area contributed by atoms with Crippen LogP contribution >= 0.6 is 11.6 Å². The summed E-state index contributed by atoms with van der Waals surface area (Å²) in [5, 5.41) is -0.0853. The molecule has 0 heterocycles. The van der Waals surface area contributed by atoms with E-state index in [0.717, 1.165) is 24.3 Å². The number of halogens is 2. The Morgan fingerprint density at radius 1 is 1.28 bits per heavy atom. The number of rotatable bonds is 3. The maximum Gasteiger partial charge on any atom is 0.165 e. The van der Waals surface area contributed by atoms with E-state index in [0.29, 0.717) is 5.92 Å². The summed E-state index contributed by atoms with van der Waals surface area (Å²) >= 11 is 6.49. The third-order valence-electron chi connectivity index (χ3n) is 3.97. The smallest absolute Gasteiger partial charge is 0.165 e. The fourth-order valence-electron chi connectivity index (χ4n) is 2.70. The maximum absolute atomic E-state index is 13.7. The molecule has 1 unspecified atom stereocenters. The van der Waals surface area contributed by atoms with E-state index in [1.807, 2.05) is 6.07 Å². The lowest BCUT2D eigenvalue weighted by atomic mass is 9.80. The zero-order valence-electron chi connectivity index (χ0n) is 11.0. The molecule has 0 aliphatic heterocycles. The average molecular weight is 271 g/mol. The van der Waals surface area contributed by atoms with Crippen molar-refractivity contribution < 1.29 is 9.13 Å². The molecule has 2 rings (SSSR count). The van der Waals surface area contributed by atoms with Gasteiger partial charge in [-0.25, -0.2) is 4.39 Å². The van der Waals surface area contributed by atoms with Crippen molar-refractivity contribution in [2.24, 2.45) is 11.8 Å². The molecule has 100 valence electrons. The summed E-state index contributed by atoms with van der Waals surface area (Å²) in [6.07, 6.45) is 4.74. The normalized spacial score (nSPS) is 25.8. The van der Waals surface area contributed by atoms with Crippen LogP contribution in [0.2, 0.25) is 0 Å². The van der Waals surface area contributed by atoms with Crippen molar-refractivity contribution in [2.45, 2.75) is 38.0 Å². The molecule has 1 atom stereocenters. The fraction of sp³-hybridized carbons (Fsp3) is 0.600. The summed E-state index contributed by atoms with van der Waals surface area (Å²) in [6, 6.07) is 5.04. The SMILES string of the molecule is COc1ccc(C(Cl)C2CCC(C)CC2)cc1F. The van der Waals surface area contributed by atoms with E-state index in [9.17, 15) is 4.39 Å². The van der Waals surface area contributed by atoms with Gasteiger partial charge in [0.2, 0.25) is 0 Å². The number of methoxy groups -OCH3 is 1. The van der Waals surface area contributed by atoms with E-state index in [2.05, 4.69) is 6.92 Å². The number of benzene rings is 1. The molecule has 0 bridgehead atoms. The highest BCUT2D eigenvalue weighted by Crippen LogP contribution is 2.41. The van der Waals surface area contributed by atoms with Crippen molar-refractivity contribution in [3.63, 3.8) is 0 Å². The van der Waals surface area contributed by atoms with Gasteiger partial charge in [0, 0.05) is 0 Å². The van der Waals surface area contributed by atoms with E-state index < -0.39 is 0 Å². The molecule has 3 heteroatoms. The Hall–Kier alpha value is -0.760. The molecule has 1 nitrogen and oxygen atoms in total. The van der Waals surface area contributed by atoms with Gasteiger partial charge in [0.05, 0.1) is 12.5 Å². The summed E-state index contributed by atoms with van der Waals surface area (Å²) in [6.45, 7) is 2.28. The van der Waals surface area contributed by atoms with Crippen molar-refractivity contribution in [3.8, 4) is 5.75 Å². The van der Waals surface area contributed by atoms with Crippen LogP contribution in [0.3, 0.4) is 0 Å². The average Bonchev–Trinajstić information content (AvgIpc) is 2.38. The molecule has 0 radical (unpaired) electrons. The second-order valence-electron chi connectivity index (χ2n) is 5.32. The van der Waals surface area contributed by atoms with Crippen LogP contribution in [-0.2, 0) is 0 Å². The molecule has 0 N–H and O–H groups in total. The molecule has 1 fully saturated rings. The molecule has 1 aliphatic carbocycles. The van der Waals surface area contributed by atoms with Gasteiger partial charge in [0.1, 0.15) is 0 Å². The van der Waals surface area contributed by atoms with E-state index in [4.69, 9.17) is 16.3 Å². The fourth-order valence-corrected chi connectivity index (χ4v) is 3.09. The van der Waals surface area contributed by atoms with Crippen molar-refractivity contribution in [1.29, 1.82) is 0 Å². The molecule has 0 amide bonds. The van der Waals surface area contributed by atoms with Crippen LogP contribution in [0, 0.1) is 17.7 Å². The van der Waals surface area contributed by atoms with Crippen molar-refractivity contribution in [2.75, 3.05) is 7.11 Å². The molecule has 0 aromatic heterocycles. The highest BCUT2D eigenvalue weighted by molar-refractivity contribution is 6.21. The minimum absolute atomic E-state index is 0.0853.